The van der Waals surface area contributed by atoms with Gasteiger partial charge in [0.1, 0.15) is 0 Å². The van der Waals surface area contributed by atoms with Gasteiger partial charge in [-0.1, -0.05) is 40.9 Å². The third-order valence-electron chi connectivity index (χ3n) is 4.01. The van der Waals surface area contributed by atoms with Crippen LogP contribution in [0.5, 0.6) is 0 Å². The Balaban J connectivity index is 2.03. The van der Waals surface area contributed by atoms with Gasteiger partial charge in [0.15, 0.2) is 0 Å². The maximum atomic E-state index is 12.3. The molecule has 1 saturated carbocycles. The van der Waals surface area contributed by atoms with Crippen LogP contribution in [0.4, 0.5) is 0 Å². The number of nitrogens with one attached hydrogen (secondary N) is 1. The Labute approximate surface area is 137 Å². The Morgan fingerprint density at radius 1 is 1.42 bits per heavy atom. The molecular weight excluding hydrogens is 417 g/mol. The minimum atomic E-state index is 0.0559. The second-order valence-electron chi connectivity index (χ2n) is 5.46. The van der Waals surface area contributed by atoms with Crippen molar-refractivity contribution < 1.29 is 4.79 Å². The second kappa shape index (κ2) is 6.57. The van der Waals surface area contributed by atoms with Crippen molar-refractivity contribution in [1.29, 1.82) is 0 Å². The molecule has 0 atom stereocenters. The fourth-order valence-electron chi connectivity index (χ4n) is 2.67. The predicted molar refractivity (Wildman–Crippen MR) is 90.9 cm³/mol. The van der Waals surface area contributed by atoms with Crippen LogP contribution in [-0.2, 0) is 0 Å². The minimum Gasteiger partial charge on any atom is -0.351 e. The first-order valence-corrected chi connectivity index (χ1v) is 8.87. The summed E-state index contributed by atoms with van der Waals surface area (Å²) in [6, 6.07) is 5.89. The summed E-state index contributed by atoms with van der Waals surface area (Å²) in [4.78, 5) is 12.3. The molecule has 0 unspecified atom stereocenters. The van der Waals surface area contributed by atoms with E-state index in [1.807, 2.05) is 25.1 Å². The van der Waals surface area contributed by atoms with Gasteiger partial charge in [-0.05, 0) is 59.4 Å². The van der Waals surface area contributed by atoms with Crippen molar-refractivity contribution in [2.24, 2.45) is 5.41 Å². The number of carbonyl (C=O) groups is 1. The second-order valence-corrected chi connectivity index (χ2v) is 7.10. The molecule has 0 bridgehead atoms. The van der Waals surface area contributed by atoms with Crippen molar-refractivity contribution in [1.82, 2.24) is 5.32 Å². The highest BCUT2D eigenvalue weighted by molar-refractivity contribution is 14.1. The molecule has 2 rings (SSSR count). The van der Waals surface area contributed by atoms with Gasteiger partial charge >= 0.3 is 0 Å². The van der Waals surface area contributed by atoms with Crippen LogP contribution >= 0.6 is 38.5 Å². The number of alkyl halides is 1. The van der Waals surface area contributed by atoms with E-state index in [1.54, 1.807) is 0 Å². The average Bonchev–Trinajstić information content (AvgIpc) is 2.89. The molecular formula is C15H19BrINO. The summed E-state index contributed by atoms with van der Waals surface area (Å²) in [5, 5.41) is 4.10. The molecule has 19 heavy (non-hydrogen) atoms. The Hall–Kier alpha value is -0.100. The lowest BCUT2D eigenvalue weighted by molar-refractivity contribution is 0.0934. The fraction of sp³-hybridized carbons (Fsp3) is 0.533. The van der Waals surface area contributed by atoms with Gasteiger partial charge in [-0.25, -0.2) is 0 Å². The van der Waals surface area contributed by atoms with E-state index in [9.17, 15) is 4.79 Å². The van der Waals surface area contributed by atoms with Crippen molar-refractivity contribution in [3.05, 3.63) is 32.9 Å². The molecule has 0 spiro atoms. The van der Waals surface area contributed by atoms with E-state index in [4.69, 9.17) is 0 Å². The normalized spacial score (nSPS) is 17.4. The van der Waals surface area contributed by atoms with E-state index >= 15 is 0 Å². The van der Waals surface area contributed by atoms with E-state index < -0.39 is 0 Å². The quantitative estimate of drug-likeness (QED) is 0.554. The SMILES string of the molecule is Cc1cccc(C(=O)NCC2(CBr)CCCC2)c1I. The molecule has 1 aromatic carbocycles. The van der Waals surface area contributed by atoms with Crippen molar-refractivity contribution in [3.63, 3.8) is 0 Å². The lowest BCUT2D eigenvalue weighted by Gasteiger charge is -2.26. The fourth-order valence-corrected chi connectivity index (χ4v) is 4.03. The summed E-state index contributed by atoms with van der Waals surface area (Å²) in [7, 11) is 0. The molecule has 1 aliphatic rings. The van der Waals surface area contributed by atoms with Crippen LogP contribution in [-0.4, -0.2) is 17.8 Å². The molecule has 0 aromatic heterocycles. The van der Waals surface area contributed by atoms with Gasteiger partial charge in [0.2, 0.25) is 0 Å². The summed E-state index contributed by atoms with van der Waals surface area (Å²) in [5.41, 5.74) is 2.22. The number of carbonyl (C=O) groups excluding carboxylic acids is 1. The Morgan fingerprint density at radius 2 is 2.11 bits per heavy atom. The molecule has 0 saturated heterocycles. The number of amides is 1. The number of halogens is 2. The van der Waals surface area contributed by atoms with Gasteiger partial charge in [-0.3, -0.25) is 4.79 Å². The summed E-state index contributed by atoms with van der Waals surface area (Å²) >= 11 is 5.86. The largest absolute Gasteiger partial charge is 0.351 e. The molecule has 0 aliphatic heterocycles. The van der Waals surface area contributed by atoms with Gasteiger partial charge in [0, 0.05) is 15.4 Å². The third kappa shape index (κ3) is 3.51. The van der Waals surface area contributed by atoms with Gasteiger partial charge < -0.3 is 5.32 Å². The lowest BCUT2D eigenvalue weighted by atomic mass is 9.89. The first-order valence-electron chi connectivity index (χ1n) is 6.67. The van der Waals surface area contributed by atoms with Crippen LogP contribution in [0.1, 0.15) is 41.6 Å². The Bertz CT molecular complexity index is 469. The molecule has 104 valence electrons. The third-order valence-corrected chi connectivity index (χ3v) is 6.63. The molecule has 1 aliphatic carbocycles. The van der Waals surface area contributed by atoms with E-state index in [1.165, 1.54) is 25.7 Å². The lowest BCUT2D eigenvalue weighted by Crippen LogP contribution is -2.37. The smallest absolute Gasteiger partial charge is 0.252 e. The zero-order chi connectivity index (χ0) is 13.9. The van der Waals surface area contributed by atoms with Crippen molar-refractivity contribution >= 4 is 44.4 Å². The van der Waals surface area contributed by atoms with E-state index in [0.717, 1.165) is 26.6 Å². The van der Waals surface area contributed by atoms with Gasteiger partial charge in [-0.2, -0.15) is 0 Å². The monoisotopic (exact) mass is 435 g/mol. The maximum Gasteiger partial charge on any atom is 0.252 e. The Morgan fingerprint density at radius 3 is 2.74 bits per heavy atom. The zero-order valence-corrected chi connectivity index (χ0v) is 14.9. The molecule has 1 amide bonds. The van der Waals surface area contributed by atoms with Crippen molar-refractivity contribution in [3.8, 4) is 0 Å². The number of rotatable bonds is 4. The summed E-state index contributed by atoms with van der Waals surface area (Å²) in [6.45, 7) is 2.82. The standard InChI is InChI=1S/C15H19BrINO/c1-11-5-4-6-12(13(11)17)14(19)18-10-15(9-16)7-2-3-8-15/h4-6H,2-3,7-10H2,1H3,(H,18,19). The molecule has 0 radical (unpaired) electrons. The van der Waals surface area contributed by atoms with Gasteiger partial charge in [-0.15, -0.1) is 0 Å². The highest BCUT2D eigenvalue weighted by atomic mass is 127. The molecule has 1 aromatic rings. The predicted octanol–water partition coefficient (Wildman–Crippen LogP) is 4.28. The van der Waals surface area contributed by atoms with Crippen LogP contribution in [0, 0.1) is 15.9 Å². The zero-order valence-electron chi connectivity index (χ0n) is 11.1. The van der Waals surface area contributed by atoms with Gasteiger partial charge in [0.25, 0.3) is 5.91 Å². The minimum absolute atomic E-state index is 0.0559. The first-order chi connectivity index (χ1) is 9.08. The molecule has 1 fully saturated rings. The van der Waals surface area contributed by atoms with Crippen LogP contribution in [0.2, 0.25) is 0 Å². The van der Waals surface area contributed by atoms with Gasteiger partial charge in [0.05, 0.1) is 5.56 Å². The van der Waals surface area contributed by atoms with Crippen LogP contribution in [0.25, 0.3) is 0 Å². The number of hydrogen-bond acceptors (Lipinski definition) is 1. The summed E-state index contributed by atoms with van der Waals surface area (Å²) < 4.78 is 1.05. The highest BCUT2D eigenvalue weighted by Crippen LogP contribution is 2.39. The molecule has 1 N–H and O–H groups in total. The maximum absolute atomic E-state index is 12.3. The number of hydrogen-bond donors (Lipinski definition) is 1. The van der Waals surface area contributed by atoms with Crippen LogP contribution in [0.3, 0.4) is 0 Å². The summed E-state index contributed by atoms with van der Waals surface area (Å²) in [6.07, 6.45) is 4.99. The van der Waals surface area contributed by atoms with Crippen molar-refractivity contribution in [2.45, 2.75) is 32.6 Å². The Kier molecular flexibility index (Phi) is 5.29. The molecule has 2 nitrogen and oxygen atoms in total. The van der Waals surface area contributed by atoms with E-state index in [-0.39, 0.29) is 11.3 Å². The number of benzene rings is 1. The molecule has 4 heteroatoms. The van der Waals surface area contributed by atoms with E-state index in [2.05, 4.69) is 43.8 Å². The summed E-state index contributed by atoms with van der Waals surface area (Å²) in [5.74, 6) is 0.0559. The van der Waals surface area contributed by atoms with Crippen LogP contribution in [0.15, 0.2) is 18.2 Å². The molecule has 0 heterocycles. The first kappa shape index (κ1) is 15.3. The highest BCUT2D eigenvalue weighted by Gasteiger charge is 2.33. The average molecular weight is 436 g/mol. The van der Waals surface area contributed by atoms with Crippen molar-refractivity contribution in [2.75, 3.05) is 11.9 Å². The number of aryl methyl sites for hydroxylation is 1. The van der Waals surface area contributed by atoms with E-state index in [0.29, 0.717) is 0 Å². The van der Waals surface area contributed by atoms with Crippen LogP contribution < -0.4 is 5.32 Å². The topological polar surface area (TPSA) is 29.1 Å².